The van der Waals surface area contributed by atoms with Gasteiger partial charge in [0.15, 0.2) is 0 Å². The van der Waals surface area contributed by atoms with Gasteiger partial charge in [-0.2, -0.15) is 0 Å². The second kappa shape index (κ2) is 8.48. The zero-order valence-electron chi connectivity index (χ0n) is 15.2. The van der Waals surface area contributed by atoms with Crippen LogP contribution < -0.4 is 9.47 Å². The highest BCUT2D eigenvalue weighted by Crippen LogP contribution is 2.24. The van der Waals surface area contributed by atoms with Crippen LogP contribution in [0.25, 0.3) is 10.9 Å². The predicted octanol–water partition coefficient (Wildman–Crippen LogP) is 5.57. The summed E-state index contributed by atoms with van der Waals surface area (Å²) in [6.45, 7) is 0.491. The maximum Gasteiger partial charge on any atom is 0.224 e. The molecule has 140 valence electrons. The molecule has 0 spiro atoms. The van der Waals surface area contributed by atoms with Gasteiger partial charge in [-0.05, 0) is 54.8 Å². The van der Waals surface area contributed by atoms with Crippen molar-refractivity contribution in [1.29, 1.82) is 0 Å². The van der Waals surface area contributed by atoms with Crippen LogP contribution in [0.15, 0.2) is 79.1 Å². The van der Waals surface area contributed by atoms with Crippen LogP contribution in [-0.4, -0.2) is 16.6 Å². The van der Waals surface area contributed by atoms with Crippen LogP contribution >= 0.6 is 0 Å². The minimum Gasteiger partial charge on any atom is -0.477 e. The highest BCUT2D eigenvalue weighted by molar-refractivity contribution is 5.83. The van der Waals surface area contributed by atoms with Crippen molar-refractivity contribution in [3.8, 4) is 17.4 Å². The van der Waals surface area contributed by atoms with E-state index >= 15 is 0 Å². The first-order valence-electron chi connectivity index (χ1n) is 9.13. The van der Waals surface area contributed by atoms with Gasteiger partial charge in [-0.1, -0.05) is 36.4 Å². The Morgan fingerprint density at radius 2 is 1.57 bits per heavy atom. The van der Waals surface area contributed by atoms with E-state index in [-0.39, 0.29) is 11.3 Å². The van der Waals surface area contributed by atoms with Gasteiger partial charge in [0, 0.05) is 0 Å². The Balaban J connectivity index is 1.30. The van der Waals surface area contributed by atoms with E-state index in [1.54, 1.807) is 12.1 Å². The SMILES string of the molecule is Fc1cccc2c(OCCCc3ccc(Oc4ccccc4)cc3)ncnc12. The topological polar surface area (TPSA) is 44.2 Å². The van der Waals surface area contributed by atoms with E-state index in [1.807, 2.05) is 54.6 Å². The number of aromatic nitrogens is 2. The minimum absolute atomic E-state index is 0.279. The maximum atomic E-state index is 13.8. The van der Waals surface area contributed by atoms with Crippen molar-refractivity contribution < 1.29 is 13.9 Å². The van der Waals surface area contributed by atoms with E-state index in [0.29, 0.717) is 17.9 Å². The summed E-state index contributed by atoms with van der Waals surface area (Å²) in [7, 11) is 0. The summed E-state index contributed by atoms with van der Waals surface area (Å²) in [5.41, 5.74) is 1.48. The zero-order chi connectivity index (χ0) is 19.2. The average Bonchev–Trinajstić information content (AvgIpc) is 2.74. The summed E-state index contributed by atoms with van der Waals surface area (Å²) in [5.74, 6) is 1.66. The number of aryl methyl sites for hydroxylation is 1. The number of para-hydroxylation sites is 2. The highest BCUT2D eigenvalue weighted by Gasteiger charge is 2.08. The highest BCUT2D eigenvalue weighted by atomic mass is 19.1. The lowest BCUT2D eigenvalue weighted by Crippen LogP contribution is -2.02. The maximum absolute atomic E-state index is 13.8. The summed E-state index contributed by atoms with van der Waals surface area (Å²) in [6.07, 6.45) is 3.01. The van der Waals surface area contributed by atoms with Crippen LogP contribution in [0.2, 0.25) is 0 Å². The summed E-state index contributed by atoms with van der Waals surface area (Å²) in [4.78, 5) is 8.10. The van der Waals surface area contributed by atoms with Crippen molar-refractivity contribution in [3.63, 3.8) is 0 Å². The predicted molar refractivity (Wildman–Crippen MR) is 106 cm³/mol. The number of fused-ring (bicyclic) bond motifs is 1. The van der Waals surface area contributed by atoms with Crippen LogP contribution in [0.3, 0.4) is 0 Å². The van der Waals surface area contributed by atoms with Gasteiger partial charge < -0.3 is 9.47 Å². The first-order chi connectivity index (χ1) is 13.8. The van der Waals surface area contributed by atoms with Gasteiger partial charge >= 0.3 is 0 Å². The number of benzene rings is 3. The molecule has 0 bridgehead atoms. The van der Waals surface area contributed by atoms with E-state index < -0.39 is 0 Å². The van der Waals surface area contributed by atoms with Gasteiger partial charge in [0.25, 0.3) is 0 Å². The molecule has 0 aliphatic heterocycles. The summed E-state index contributed by atoms with van der Waals surface area (Å²) in [6, 6.07) is 22.5. The van der Waals surface area contributed by atoms with Crippen molar-refractivity contribution in [3.05, 3.63) is 90.5 Å². The number of halogens is 1. The van der Waals surface area contributed by atoms with Crippen LogP contribution in [0.5, 0.6) is 17.4 Å². The average molecular weight is 374 g/mol. The summed E-state index contributed by atoms with van der Waals surface area (Å²) >= 11 is 0. The number of nitrogens with zero attached hydrogens (tertiary/aromatic N) is 2. The summed E-state index contributed by atoms with van der Waals surface area (Å²) < 4.78 is 25.3. The molecule has 4 nitrogen and oxygen atoms in total. The van der Waals surface area contributed by atoms with Crippen LogP contribution in [0.1, 0.15) is 12.0 Å². The second-order valence-corrected chi connectivity index (χ2v) is 6.33. The number of hydrogen-bond acceptors (Lipinski definition) is 4. The molecule has 3 aromatic carbocycles. The Labute approximate surface area is 162 Å². The first kappa shape index (κ1) is 17.9. The van der Waals surface area contributed by atoms with Gasteiger partial charge in [-0.3, -0.25) is 0 Å². The Morgan fingerprint density at radius 1 is 0.786 bits per heavy atom. The van der Waals surface area contributed by atoms with Crippen LogP contribution in [0.4, 0.5) is 4.39 Å². The fourth-order valence-corrected chi connectivity index (χ4v) is 2.94. The Bertz CT molecular complexity index is 1050. The zero-order valence-corrected chi connectivity index (χ0v) is 15.2. The molecule has 0 aliphatic carbocycles. The molecule has 0 aliphatic rings. The first-order valence-corrected chi connectivity index (χ1v) is 9.13. The number of ether oxygens (including phenoxy) is 2. The number of rotatable bonds is 7. The molecule has 0 saturated heterocycles. The molecular formula is C23H19FN2O2. The van der Waals surface area contributed by atoms with Gasteiger partial charge in [-0.25, -0.2) is 14.4 Å². The molecule has 4 rings (SSSR count). The third-order valence-corrected chi connectivity index (χ3v) is 4.33. The number of hydrogen-bond donors (Lipinski definition) is 0. The standard InChI is InChI=1S/C23H19FN2O2/c24-21-10-4-9-20-22(21)25-16-26-23(20)27-15-5-6-17-11-13-19(14-12-17)28-18-7-2-1-3-8-18/h1-4,7-14,16H,5-6,15H2. The van der Waals surface area contributed by atoms with Gasteiger partial charge in [-0.15, -0.1) is 0 Å². The molecule has 0 amide bonds. The fraction of sp³-hybridized carbons (Fsp3) is 0.130. The molecule has 0 unspecified atom stereocenters. The quantitative estimate of drug-likeness (QED) is 0.397. The molecule has 0 saturated carbocycles. The third kappa shape index (κ3) is 4.26. The largest absolute Gasteiger partial charge is 0.477 e. The molecule has 1 heterocycles. The molecule has 0 atom stereocenters. The lowest BCUT2D eigenvalue weighted by Gasteiger charge is -2.09. The molecule has 0 fully saturated rings. The normalized spacial score (nSPS) is 10.8. The molecule has 1 aromatic heterocycles. The van der Waals surface area contributed by atoms with Crippen molar-refractivity contribution in [2.24, 2.45) is 0 Å². The summed E-state index contributed by atoms with van der Waals surface area (Å²) in [5, 5.41) is 0.588. The van der Waals surface area contributed by atoms with Crippen molar-refractivity contribution >= 4 is 10.9 Å². The Kier molecular flexibility index (Phi) is 5.43. The molecule has 28 heavy (non-hydrogen) atoms. The van der Waals surface area contributed by atoms with Gasteiger partial charge in [0.1, 0.15) is 29.2 Å². The van der Waals surface area contributed by atoms with Crippen molar-refractivity contribution in [2.75, 3.05) is 6.61 Å². The second-order valence-electron chi connectivity index (χ2n) is 6.33. The van der Waals surface area contributed by atoms with E-state index in [1.165, 1.54) is 18.0 Å². The van der Waals surface area contributed by atoms with E-state index in [9.17, 15) is 4.39 Å². The van der Waals surface area contributed by atoms with Gasteiger partial charge in [0.05, 0.1) is 12.0 Å². The molecule has 0 radical (unpaired) electrons. The lowest BCUT2D eigenvalue weighted by atomic mass is 10.1. The fourth-order valence-electron chi connectivity index (χ4n) is 2.94. The molecular weight excluding hydrogens is 355 g/mol. The molecule has 0 N–H and O–H groups in total. The van der Waals surface area contributed by atoms with E-state index in [0.717, 1.165) is 24.3 Å². The van der Waals surface area contributed by atoms with Crippen molar-refractivity contribution in [1.82, 2.24) is 9.97 Å². The van der Waals surface area contributed by atoms with Gasteiger partial charge in [0.2, 0.25) is 5.88 Å². The third-order valence-electron chi connectivity index (χ3n) is 4.33. The smallest absolute Gasteiger partial charge is 0.224 e. The van der Waals surface area contributed by atoms with E-state index in [2.05, 4.69) is 9.97 Å². The van der Waals surface area contributed by atoms with Crippen molar-refractivity contribution in [2.45, 2.75) is 12.8 Å². The monoisotopic (exact) mass is 374 g/mol. The van der Waals surface area contributed by atoms with E-state index in [4.69, 9.17) is 9.47 Å². The Morgan fingerprint density at radius 3 is 2.39 bits per heavy atom. The lowest BCUT2D eigenvalue weighted by molar-refractivity contribution is 0.303. The molecule has 5 heteroatoms. The molecule has 4 aromatic rings. The van der Waals surface area contributed by atoms with Crippen LogP contribution in [0, 0.1) is 5.82 Å². The minimum atomic E-state index is -0.373. The van der Waals surface area contributed by atoms with Crippen LogP contribution in [-0.2, 0) is 6.42 Å². The Hall–Kier alpha value is -3.47.